The Morgan fingerprint density at radius 2 is 1.77 bits per heavy atom. The zero-order valence-corrected chi connectivity index (χ0v) is 16.7. The molecule has 2 aromatic heterocycles. The minimum absolute atomic E-state index is 0.100. The maximum atomic E-state index is 12.5. The predicted octanol–water partition coefficient (Wildman–Crippen LogP) is 2.63. The number of aromatic nitrogens is 5. The molecule has 30 heavy (non-hydrogen) atoms. The highest BCUT2D eigenvalue weighted by atomic mass is 16.2. The first kappa shape index (κ1) is 19.5. The topological polar surface area (TPSA) is 94.7 Å². The average Bonchev–Trinajstić information content (AvgIpc) is 3.20. The number of hydrogen-bond acceptors (Lipinski definition) is 5. The highest BCUT2D eigenvalue weighted by Crippen LogP contribution is 2.12. The summed E-state index contributed by atoms with van der Waals surface area (Å²) in [7, 11) is 0. The summed E-state index contributed by atoms with van der Waals surface area (Å²) in [4.78, 5) is 24.9. The van der Waals surface area contributed by atoms with Crippen LogP contribution in [-0.2, 0) is 24.3 Å². The van der Waals surface area contributed by atoms with Gasteiger partial charge in [0.15, 0.2) is 0 Å². The zero-order chi connectivity index (χ0) is 20.9. The molecule has 2 aromatic carbocycles. The Bertz CT molecular complexity index is 1230. The van der Waals surface area contributed by atoms with E-state index in [4.69, 9.17) is 0 Å². The molecule has 0 aliphatic rings. The molecule has 0 aliphatic heterocycles. The van der Waals surface area contributed by atoms with Gasteiger partial charge in [0, 0.05) is 12.5 Å². The normalized spacial score (nSPS) is 11.0. The lowest BCUT2D eigenvalue weighted by molar-refractivity contribution is -0.116. The molecule has 8 nitrogen and oxygen atoms in total. The number of fused-ring (bicyclic) bond motifs is 1. The molecular formula is C22H22N6O2. The van der Waals surface area contributed by atoms with Crippen LogP contribution in [0.2, 0.25) is 0 Å². The Balaban J connectivity index is 1.40. The first-order valence-corrected chi connectivity index (χ1v) is 9.86. The Morgan fingerprint density at radius 3 is 2.57 bits per heavy atom. The van der Waals surface area contributed by atoms with Crippen molar-refractivity contribution in [3.05, 3.63) is 82.3 Å². The lowest BCUT2D eigenvalue weighted by Gasteiger charge is -2.10. The van der Waals surface area contributed by atoms with Crippen LogP contribution < -0.4 is 10.9 Å². The molecule has 8 heteroatoms. The number of anilines is 1. The molecule has 0 spiro atoms. The van der Waals surface area contributed by atoms with Crippen LogP contribution in [0.5, 0.6) is 0 Å². The van der Waals surface area contributed by atoms with Crippen LogP contribution in [0, 0.1) is 0 Å². The first-order valence-electron chi connectivity index (χ1n) is 9.86. The number of hydrogen-bond donors (Lipinski definition) is 1. The van der Waals surface area contributed by atoms with Gasteiger partial charge in [-0.05, 0) is 29.7 Å². The lowest BCUT2D eigenvalue weighted by atomic mass is 10.1. The summed E-state index contributed by atoms with van der Waals surface area (Å²) >= 11 is 0. The molecule has 0 saturated carbocycles. The molecule has 0 saturated heterocycles. The quantitative estimate of drug-likeness (QED) is 0.513. The first-order chi connectivity index (χ1) is 14.6. The molecule has 0 aliphatic carbocycles. The van der Waals surface area contributed by atoms with E-state index in [2.05, 4.69) is 51.9 Å². The van der Waals surface area contributed by atoms with Gasteiger partial charge in [0.1, 0.15) is 11.3 Å². The molecule has 0 unspecified atom stereocenters. The van der Waals surface area contributed by atoms with Crippen molar-refractivity contribution in [3.63, 3.8) is 0 Å². The second-order valence-electron chi connectivity index (χ2n) is 6.98. The number of carbonyl (C=O) groups excluding carboxylic acids is 1. The molecule has 1 amide bonds. The van der Waals surface area contributed by atoms with E-state index >= 15 is 0 Å². The number of nitrogens with zero attached hydrogens (tertiary/aromatic N) is 5. The van der Waals surface area contributed by atoms with Gasteiger partial charge < -0.3 is 5.32 Å². The van der Waals surface area contributed by atoms with Crippen molar-refractivity contribution in [2.24, 2.45) is 0 Å². The third-order valence-electron chi connectivity index (χ3n) is 4.93. The van der Waals surface area contributed by atoms with Crippen LogP contribution in [-0.4, -0.2) is 30.7 Å². The van der Waals surface area contributed by atoms with Gasteiger partial charge >= 0.3 is 0 Å². The van der Waals surface area contributed by atoms with Crippen LogP contribution in [0.3, 0.4) is 0 Å². The highest BCUT2D eigenvalue weighted by molar-refractivity contribution is 5.89. The third-order valence-corrected chi connectivity index (χ3v) is 4.93. The van der Waals surface area contributed by atoms with E-state index in [-0.39, 0.29) is 24.4 Å². The molecule has 4 aromatic rings. The molecule has 2 heterocycles. The van der Waals surface area contributed by atoms with Gasteiger partial charge in [0.05, 0.1) is 24.7 Å². The Morgan fingerprint density at radius 1 is 1.00 bits per heavy atom. The molecule has 4 rings (SSSR count). The minimum Gasteiger partial charge on any atom is -0.311 e. The van der Waals surface area contributed by atoms with Gasteiger partial charge in [0.25, 0.3) is 5.56 Å². The summed E-state index contributed by atoms with van der Waals surface area (Å²) in [6.45, 7) is 2.82. The van der Waals surface area contributed by atoms with E-state index in [0.717, 1.165) is 12.0 Å². The van der Waals surface area contributed by atoms with E-state index in [0.29, 0.717) is 23.3 Å². The Labute approximate surface area is 173 Å². The molecule has 1 N–H and O–H groups in total. The summed E-state index contributed by atoms with van der Waals surface area (Å²) in [6, 6.07) is 17.1. The van der Waals surface area contributed by atoms with E-state index in [9.17, 15) is 9.59 Å². The number of rotatable bonds is 7. The number of aryl methyl sites for hydroxylation is 2. The van der Waals surface area contributed by atoms with Crippen molar-refractivity contribution in [2.75, 3.05) is 5.32 Å². The van der Waals surface area contributed by atoms with Gasteiger partial charge in [-0.15, -0.1) is 5.10 Å². The minimum atomic E-state index is -0.256. The van der Waals surface area contributed by atoms with E-state index in [1.165, 1.54) is 10.2 Å². The summed E-state index contributed by atoms with van der Waals surface area (Å²) < 4.78 is 2.95. The lowest BCUT2D eigenvalue weighted by Crippen LogP contribution is -2.27. The largest absolute Gasteiger partial charge is 0.311 e. The fourth-order valence-electron chi connectivity index (χ4n) is 3.20. The van der Waals surface area contributed by atoms with Gasteiger partial charge in [0.2, 0.25) is 5.91 Å². The number of amides is 1. The predicted molar refractivity (Wildman–Crippen MR) is 114 cm³/mol. The summed E-state index contributed by atoms with van der Waals surface area (Å²) in [6.07, 6.45) is 2.74. The maximum Gasteiger partial charge on any atom is 0.277 e. The molecule has 0 atom stereocenters. The highest BCUT2D eigenvalue weighted by Gasteiger charge is 2.10. The zero-order valence-electron chi connectivity index (χ0n) is 16.7. The Kier molecular flexibility index (Phi) is 5.65. The summed E-state index contributed by atoms with van der Waals surface area (Å²) in [5.41, 5.74) is 2.66. The van der Waals surface area contributed by atoms with Gasteiger partial charge in [-0.3, -0.25) is 9.59 Å². The second kappa shape index (κ2) is 8.69. The third kappa shape index (κ3) is 4.27. The standard InChI is InChI=1S/C22H22N6O2/c1-2-16-7-9-17(10-8-16)15-28-20(11-13-23-28)24-21(29)12-14-27-22(30)18-5-3-4-6-19(18)25-26-27/h3-11,13H,2,12,14-15H2,1H3,(H,24,29). The molecule has 0 fully saturated rings. The average molecular weight is 402 g/mol. The van der Waals surface area contributed by atoms with E-state index in [1.807, 2.05) is 0 Å². The van der Waals surface area contributed by atoms with Gasteiger partial charge in [-0.1, -0.05) is 48.5 Å². The van der Waals surface area contributed by atoms with Crippen LogP contribution in [0.25, 0.3) is 10.9 Å². The van der Waals surface area contributed by atoms with Crippen LogP contribution in [0.15, 0.2) is 65.6 Å². The molecule has 0 radical (unpaired) electrons. The van der Waals surface area contributed by atoms with Gasteiger partial charge in [-0.2, -0.15) is 5.10 Å². The van der Waals surface area contributed by atoms with E-state index in [1.54, 1.807) is 41.2 Å². The monoisotopic (exact) mass is 402 g/mol. The second-order valence-corrected chi connectivity index (χ2v) is 6.98. The van der Waals surface area contributed by atoms with Crippen molar-refractivity contribution < 1.29 is 4.79 Å². The van der Waals surface area contributed by atoms with E-state index < -0.39 is 0 Å². The van der Waals surface area contributed by atoms with Crippen LogP contribution in [0.1, 0.15) is 24.5 Å². The Hall–Kier alpha value is -3.81. The van der Waals surface area contributed by atoms with Gasteiger partial charge in [-0.25, -0.2) is 9.36 Å². The summed E-state index contributed by atoms with van der Waals surface area (Å²) in [5.74, 6) is 0.386. The number of carbonyl (C=O) groups is 1. The maximum absolute atomic E-state index is 12.5. The van der Waals surface area contributed by atoms with Crippen molar-refractivity contribution in [1.82, 2.24) is 24.8 Å². The number of nitrogens with one attached hydrogen (secondary N) is 1. The van der Waals surface area contributed by atoms with Crippen molar-refractivity contribution >= 4 is 22.6 Å². The van der Waals surface area contributed by atoms with Crippen molar-refractivity contribution in [2.45, 2.75) is 32.9 Å². The summed E-state index contributed by atoms with van der Waals surface area (Å²) in [5, 5.41) is 15.6. The fraction of sp³-hybridized carbons (Fsp3) is 0.227. The SMILES string of the molecule is CCc1ccc(Cn2nccc2NC(=O)CCn2nnc3ccccc3c2=O)cc1. The fourth-order valence-corrected chi connectivity index (χ4v) is 3.20. The molecule has 152 valence electrons. The molecular weight excluding hydrogens is 380 g/mol. The van der Waals surface area contributed by atoms with Crippen LogP contribution in [0.4, 0.5) is 5.82 Å². The van der Waals surface area contributed by atoms with Crippen molar-refractivity contribution in [1.29, 1.82) is 0 Å². The smallest absolute Gasteiger partial charge is 0.277 e. The van der Waals surface area contributed by atoms with Crippen molar-refractivity contribution in [3.8, 4) is 0 Å². The van der Waals surface area contributed by atoms with Crippen LogP contribution >= 0.6 is 0 Å². The number of benzene rings is 2. The molecule has 0 bridgehead atoms.